The van der Waals surface area contributed by atoms with Gasteiger partial charge in [0.1, 0.15) is 12.4 Å². The van der Waals surface area contributed by atoms with Crippen molar-refractivity contribution in [1.82, 2.24) is 14.9 Å². The van der Waals surface area contributed by atoms with E-state index in [1.165, 1.54) is 19.3 Å². The average Bonchev–Trinajstić information content (AvgIpc) is 3.01. The molecule has 0 amide bonds. The van der Waals surface area contributed by atoms with E-state index in [0.717, 1.165) is 30.4 Å². The smallest absolute Gasteiger partial charge is 0.119 e. The minimum Gasteiger partial charge on any atom is -0.492 e. The summed E-state index contributed by atoms with van der Waals surface area (Å²) in [6.07, 6.45) is 9.30. The summed E-state index contributed by atoms with van der Waals surface area (Å²) in [5.41, 5.74) is 0. The van der Waals surface area contributed by atoms with E-state index in [0.29, 0.717) is 6.61 Å². The molecule has 2 aromatic rings. The Morgan fingerprint density at radius 2 is 1.83 bits per heavy atom. The number of nitrogens with zero attached hydrogens (tertiary/aromatic N) is 2. The lowest BCUT2D eigenvalue weighted by Crippen LogP contribution is -2.22. The Morgan fingerprint density at radius 3 is 2.52 bits per heavy atom. The lowest BCUT2D eigenvalue weighted by molar-refractivity contribution is 0.313. The maximum absolute atomic E-state index is 5.82. The van der Waals surface area contributed by atoms with E-state index < -0.39 is 0 Å². The second kappa shape index (κ2) is 13.5. The molecule has 0 atom stereocenters. The van der Waals surface area contributed by atoms with Crippen molar-refractivity contribution in [1.29, 1.82) is 0 Å². The van der Waals surface area contributed by atoms with Gasteiger partial charge in [-0.2, -0.15) is 0 Å². The van der Waals surface area contributed by atoms with Crippen LogP contribution in [-0.4, -0.2) is 29.2 Å². The number of imidazole rings is 1. The molecule has 1 heterocycles. The second-order valence-electron chi connectivity index (χ2n) is 4.91. The molecule has 4 nitrogen and oxygen atoms in total. The van der Waals surface area contributed by atoms with Crippen molar-refractivity contribution < 1.29 is 4.74 Å². The molecule has 0 saturated carbocycles. The number of halogens is 3. The third-order valence-corrected chi connectivity index (χ3v) is 3.44. The summed E-state index contributed by atoms with van der Waals surface area (Å²) in [7, 11) is 0. The van der Waals surface area contributed by atoms with Gasteiger partial charge in [-0.3, -0.25) is 0 Å². The fourth-order valence-electron chi connectivity index (χ4n) is 2.04. The van der Waals surface area contributed by atoms with Gasteiger partial charge in [0.25, 0.3) is 0 Å². The van der Waals surface area contributed by atoms with Crippen LogP contribution in [0.3, 0.4) is 0 Å². The van der Waals surface area contributed by atoms with Gasteiger partial charge in [-0.15, -0.1) is 24.8 Å². The molecule has 0 bridgehead atoms. The second-order valence-corrected chi connectivity index (χ2v) is 5.35. The standard InChI is InChI=1S/C16H22ClN3O.2ClH/c17-15-4-6-16(7-5-15)21-13-10-18-8-2-1-3-11-20-12-9-19-14-20;;/h4-7,9,12,14,18H,1-3,8,10-11,13H2;2*1H. The average molecular weight is 381 g/mol. The van der Waals surface area contributed by atoms with Crippen LogP contribution in [0.15, 0.2) is 43.0 Å². The molecule has 0 saturated heterocycles. The van der Waals surface area contributed by atoms with Crippen LogP contribution in [0.2, 0.25) is 5.02 Å². The number of aromatic nitrogens is 2. The Labute approximate surface area is 155 Å². The SMILES string of the molecule is Cl.Cl.Clc1ccc(OCCNCCCCCn2ccnc2)cc1. The molecule has 0 fully saturated rings. The Hall–Kier alpha value is -0.940. The minimum atomic E-state index is 0. The Bertz CT molecular complexity index is 492. The molecule has 0 unspecified atom stereocenters. The predicted octanol–water partition coefficient (Wildman–Crippen LogP) is 4.22. The quantitative estimate of drug-likeness (QED) is 0.627. The first kappa shape index (κ1) is 22.1. The van der Waals surface area contributed by atoms with Gasteiger partial charge in [-0.1, -0.05) is 18.0 Å². The summed E-state index contributed by atoms with van der Waals surface area (Å²) < 4.78 is 7.72. The number of rotatable bonds is 10. The number of hydrogen-bond acceptors (Lipinski definition) is 3. The topological polar surface area (TPSA) is 39.1 Å². The highest BCUT2D eigenvalue weighted by molar-refractivity contribution is 6.30. The molecule has 130 valence electrons. The summed E-state index contributed by atoms with van der Waals surface area (Å²) in [5.74, 6) is 0.863. The van der Waals surface area contributed by atoms with Gasteiger partial charge < -0.3 is 14.6 Å². The first-order valence-electron chi connectivity index (χ1n) is 7.39. The van der Waals surface area contributed by atoms with Crippen LogP contribution in [0.25, 0.3) is 0 Å². The van der Waals surface area contributed by atoms with Gasteiger partial charge in [0.2, 0.25) is 0 Å². The van der Waals surface area contributed by atoms with Crippen molar-refractivity contribution in [2.45, 2.75) is 25.8 Å². The van der Waals surface area contributed by atoms with Crippen LogP contribution >= 0.6 is 36.4 Å². The lowest BCUT2D eigenvalue weighted by Gasteiger charge is -2.07. The van der Waals surface area contributed by atoms with Crippen LogP contribution < -0.4 is 10.1 Å². The third-order valence-electron chi connectivity index (χ3n) is 3.19. The normalized spacial score (nSPS) is 9.78. The van der Waals surface area contributed by atoms with Crippen molar-refractivity contribution in [2.24, 2.45) is 0 Å². The van der Waals surface area contributed by atoms with Crippen molar-refractivity contribution in [3.8, 4) is 5.75 Å². The molecular formula is C16H24Cl3N3O. The van der Waals surface area contributed by atoms with E-state index in [2.05, 4.69) is 14.9 Å². The van der Waals surface area contributed by atoms with Crippen LogP contribution in [0, 0.1) is 0 Å². The molecule has 1 N–H and O–H groups in total. The van der Waals surface area contributed by atoms with E-state index in [9.17, 15) is 0 Å². The highest BCUT2D eigenvalue weighted by Gasteiger charge is 1.95. The van der Waals surface area contributed by atoms with Crippen LogP contribution in [0.1, 0.15) is 19.3 Å². The van der Waals surface area contributed by atoms with Gasteiger partial charge in [0.05, 0.1) is 6.33 Å². The van der Waals surface area contributed by atoms with Crippen molar-refractivity contribution >= 4 is 36.4 Å². The Morgan fingerprint density at radius 1 is 1.04 bits per heavy atom. The lowest BCUT2D eigenvalue weighted by atomic mass is 10.2. The van der Waals surface area contributed by atoms with Crippen molar-refractivity contribution in [3.05, 3.63) is 48.0 Å². The van der Waals surface area contributed by atoms with E-state index in [1.807, 2.05) is 43.0 Å². The summed E-state index contributed by atoms with van der Waals surface area (Å²) in [6, 6.07) is 7.45. The monoisotopic (exact) mass is 379 g/mol. The molecule has 1 aromatic heterocycles. The third kappa shape index (κ3) is 9.72. The predicted molar refractivity (Wildman–Crippen MR) is 100 cm³/mol. The van der Waals surface area contributed by atoms with Gasteiger partial charge in [-0.25, -0.2) is 4.98 Å². The number of benzene rings is 1. The first-order valence-corrected chi connectivity index (χ1v) is 7.77. The zero-order valence-electron chi connectivity index (χ0n) is 13.0. The summed E-state index contributed by atoms with van der Waals surface area (Å²) in [6.45, 7) is 3.63. The minimum absolute atomic E-state index is 0. The molecule has 2 rings (SSSR count). The van der Waals surface area contributed by atoms with Crippen LogP contribution in [-0.2, 0) is 6.54 Å². The molecule has 0 spiro atoms. The van der Waals surface area contributed by atoms with Gasteiger partial charge in [0, 0.05) is 30.5 Å². The van der Waals surface area contributed by atoms with Gasteiger partial charge in [0.15, 0.2) is 0 Å². The van der Waals surface area contributed by atoms with Crippen molar-refractivity contribution in [3.63, 3.8) is 0 Å². The largest absolute Gasteiger partial charge is 0.492 e. The molecule has 7 heteroatoms. The molecular weight excluding hydrogens is 357 g/mol. The maximum atomic E-state index is 5.82. The van der Waals surface area contributed by atoms with Gasteiger partial charge >= 0.3 is 0 Å². The van der Waals surface area contributed by atoms with E-state index in [1.54, 1.807) is 0 Å². The maximum Gasteiger partial charge on any atom is 0.119 e. The number of nitrogens with one attached hydrogen (secondary N) is 1. The first-order chi connectivity index (χ1) is 10.3. The molecule has 0 aliphatic carbocycles. The molecule has 0 radical (unpaired) electrons. The Kier molecular flexibility index (Phi) is 12.9. The van der Waals surface area contributed by atoms with Crippen molar-refractivity contribution in [2.75, 3.05) is 19.7 Å². The summed E-state index contributed by atoms with van der Waals surface area (Å²) in [4.78, 5) is 4.03. The van der Waals surface area contributed by atoms with E-state index in [-0.39, 0.29) is 24.8 Å². The highest BCUT2D eigenvalue weighted by atomic mass is 35.5. The number of hydrogen-bond donors (Lipinski definition) is 1. The van der Waals surface area contributed by atoms with Crippen LogP contribution in [0.4, 0.5) is 0 Å². The fourth-order valence-corrected chi connectivity index (χ4v) is 2.16. The van der Waals surface area contributed by atoms with Gasteiger partial charge in [-0.05, 0) is 43.7 Å². The summed E-state index contributed by atoms with van der Waals surface area (Å²) in [5, 5.41) is 4.12. The zero-order chi connectivity index (χ0) is 14.8. The molecule has 1 aromatic carbocycles. The number of unbranched alkanes of at least 4 members (excludes halogenated alkanes) is 2. The molecule has 23 heavy (non-hydrogen) atoms. The van der Waals surface area contributed by atoms with E-state index >= 15 is 0 Å². The summed E-state index contributed by atoms with van der Waals surface area (Å²) >= 11 is 5.82. The van der Waals surface area contributed by atoms with Crippen LogP contribution in [0.5, 0.6) is 5.75 Å². The fraction of sp³-hybridized carbons (Fsp3) is 0.438. The molecule has 0 aliphatic heterocycles. The molecule has 0 aliphatic rings. The number of ether oxygens (including phenoxy) is 1. The Balaban J connectivity index is 0.00000242. The highest BCUT2D eigenvalue weighted by Crippen LogP contribution is 2.15. The zero-order valence-corrected chi connectivity index (χ0v) is 15.4. The van der Waals surface area contributed by atoms with E-state index in [4.69, 9.17) is 16.3 Å². The number of aryl methyl sites for hydroxylation is 1.